The smallest absolute Gasteiger partial charge is 0.149 e. The molecular formula is C32H37F3N6O3S. The Morgan fingerprint density at radius 3 is 2.51 bits per heavy atom. The maximum absolute atomic E-state index is 15.3. The molecule has 4 heterocycles. The number of hydrogen-bond acceptors (Lipinski definition) is 8. The highest BCUT2D eigenvalue weighted by molar-refractivity contribution is 7.90. The summed E-state index contributed by atoms with van der Waals surface area (Å²) in [5.41, 5.74) is 7.02. The molecule has 1 saturated heterocycles. The van der Waals surface area contributed by atoms with Crippen LogP contribution in [-0.4, -0.2) is 71.9 Å². The van der Waals surface area contributed by atoms with E-state index < -0.39 is 27.1 Å². The highest BCUT2D eigenvalue weighted by atomic mass is 32.2. The minimum atomic E-state index is -3.14. The van der Waals surface area contributed by atoms with Gasteiger partial charge in [-0.05, 0) is 61.6 Å². The monoisotopic (exact) mass is 642 g/mol. The van der Waals surface area contributed by atoms with E-state index in [9.17, 15) is 8.42 Å². The number of alkyl halides is 1. The summed E-state index contributed by atoms with van der Waals surface area (Å²) in [7, 11) is -3.14. The Hall–Kier alpha value is -3.55. The van der Waals surface area contributed by atoms with Crippen LogP contribution in [-0.2, 0) is 26.7 Å². The fourth-order valence-electron chi connectivity index (χ4n) is 6.65. The first kappa shape index (κ1) is 31.4. The van der Waals surface area contributed by atoms with Gasteiger partial charge in [0.1, 0.15) is 33.0 Å². The van der Waals surface area contributed by atoms with Crippen LogP contribution in [0.5, 0.6) is 0 Å². The van der Waals surface area contributed by atoms with Crippen LogP contribution in [0.3, 0.4) is 0 Å². The number of benzene rings is 1. The number of hydrogen-bond donors (Lipinski definition) is 1. The average molecular weight is 643 g/mol. The Balaban J connectivity index is 1.24. The van der Waals surface area contributed by atoms with Gasteiger partial charge in [0.25, 0.3) is 0 Å². The van der Waals surface area contributed by atoms with Crippen LogP contribution in [0, 0.1) is 17.6 Å². The number of anilines is 1. The lowest BCUT2D eigenvalue weighted by atomic mass is 9.91. The Labute approximate surface area is 260 Å². The number of fused-ring (bicyclic) bond motifs is 1. The van der Waals surface area contributed by atoms with Gasteiger partial charge in [-0.3, -0.25) is 4.98 Å². The number of ether oxygens (including phenoxy) is 1. The third kappa shape index (κ3) is 6.56. The van der Waals surface area contributed by atoms with Crippen molar-refractivity contribution in [1.29, 1.82) is 0 Å². The van der Waals surface area contributed by atoms with E-state index in [1.54, 1.807) is 29.2 Å². The van der Waals surface area contributed by atoms with Crippen LogP contribution < -0.4 is 10.6 Å². The van der Waals surface area contributed by atoms with Crippen molar-refractivity contribution in [3.05, 3.63) is 77.5 Å². The average Bonchev–Trinajstić information content (AvgIpc) is 3.60. The standard InChI is InChI=1S/C32H37F3N6O3S/c1-20-18-40(19-26(36)31(20)44-11-12-45(2,42)43)28-7-10-37-16-21(28)13-29-38-17-23-5-6-27(39-41(23)29)30-24(33)14-22(15-25(30)34)32(35)8-3-4-9-32/h5-7,10,14-17,20,26,31H,3-4,8-9,11-13,18-19,36H2,1-2H3/t20-,26+,31-/m0/s1. The Bertz CT molecular complexity index is 1780. The predicted molar refractivity (Wildman–Crippen MR) is 165 cm³/mol. The molecule has 3 aromatic heterocycles. The normalized spacial score (nSPS) is 21.9. The number of sulfone groups is 1. The van der Waals surface area contributed by atoms with Gasteiger partial charge in [0, 0.05) is 61.4 Å². The number of pyridine rings is 1. The Morgan fingerprint density at radius 1 is 1.09 bits per heavy atom. The molecule has 45 heavy (non-hydrogen) atoms. The zero-order chi connectivity index (χ0) is 31.9. The second kappa shape index (κ2) is 12.3. The lowest BCUT2D eigenvalue weighted by Gasteiger charge is -2.42. The van der Waals surface area contributed by atoms with Gasteiger partial charge in [0.15, 0.2) is 0 Å². The summed E-state index contributed by atoms with van der Waals surface area (Å²) in [6.45, 7) is 3.24. The number of aromatic nitrogens is 4. The fraction of sp³-hybridized carbons (Fsp3) is 0.469. The van der Waals surface area contributed by atoms with Crippen LogP contribution in [0.15, 0.2) is 48.9 Å². The Morgan fingerprint density at radius 2 is 1.82 bits per heavy atom. The highest BCUT2D eigenvalue weighted by Gasteiger charge is 2.37. The summed E-state index contributed by atoms with van der Waals surface area (Å²) in [5.74, 6) is -1.19. The van der Waals surface area contributed by atoms with Gasteiger partial charge in [-0.2, -0.15) is 5.10 Å². The quantitative estimate of drug-likeness (QED) is 0.282. The summed E-state index contributed by atoms with van der Waals surface area (Å²) < 4.78 is 76.5. The minimum Gasteiger partial charge on any atom is -0.375 e. The first-order chi connectivity index (χ1) is 21.4. The summed E-state index contributed by atoms with van der Waals surface area (Å²) in [4.78, 5) is 11.0. The van der Waals surface area contributed by atoms with E-state index in [0.717, 1.165) is 23.4 Å². The third-order valence-corrected chi connectivity index (χ3v) is 9.83. The van der Waals surface area contributed by atoms with Crippen LogP contribution in [0.25, 0.3) is 16.8 Å². The molecule has 1 aliphatic carbocycles. The van der Waals surface area contributed by atoms with E-state index in [0.29, 0.717) is 43.7 Å². The van der Waals surface area contributed by atoms with Crippen molar-refractivity contribution in [3.8, 4) is 11.3 Å². The number of nitrogens with zero attached hydrogens (tertiary/aromatic N) is 5. The molecule has 2 fully saturated rings. The lowest BCUT2D eigenvalue weighted by molar-refractivity contribution is 0.00179. The van der Waals surface area contributed by atoms with Crippen molar-refractivity contribution in [1.82, 2.24) is 19.6 Å². The summed E-state index contributed by atoms with van der Waals surface area (Å²) in [6, 6.07) is 6.98. The van der Waals surface area contributed by atoms with Crippen LogP contribution >= 0.6 is 0 Å². The molecule has 0 bridgehead atoms. The van der Waals surface area contributed by atoms with Gasteiger partial charge in [-0.1, -0.05) is 6.92 Å². The summed E-state index contributed by atoms with van der Waals surface area (Å²) in [5, 5.41) is 4.56. The van der Waals surface area contributed by atoms with Gasteiger partial charge in [0.2, 0.25) is 0 Å². The van der Waals surface area contributed by atoms with Gasteiger partial charge in [0.05, 0.1) is 41.4 Å². The second-order valence-corrected chi connectivity index (χ2v) is 14.7. The number of rotatable bonds is 9. The molecule has 3 atom stereocenters. The molecule has 1 aliphatic heterocycles. The van der Waals surface area contributed by atoms with Crippen LogP contribution in [0.1, 0.15) is 49.6 Å². The van der Waals surface area contributed by atoms with E-state index >= 15 is 13.2 Å². The van der Waals surface area contributed by atoms with E-state index in [2.05, 4.69) is 20.0 Å². The number of piperidine rings is 1. The molecule has 0 unspecified atom stereocenters. The molecular weight excluding hydrogens is 605 g/mol. The second-order valence-electron chi connectivity index (χ2n) is 12.4. The molecule has 9 nitrogen and oxygen atoms in total. The van der Waals surface area contributed by atoms with Crippen molar-refractivity contribution < 1.29 is 26.3 Å². The fourth-order valence-corrected chi connectivity index (χ4v) is 7.05. The molecule has 1 saturated carbocycles. The van der Waals surface area contributed by atoms with Crippen molar-refractivity contribution >= 4 is 21.0 Å². The molecule has 2 aliphatic rings. The molecule has 240 valence electrons. The molecule has 4 aromatic rings. The molecule has 2 N–H and O–H groups in total. The number of nitrogens with two attached hydrogens (primary N) is 1. The predicted octanol–water partition coefficient (Wildman–Crippen LogP) is 4.61. The highest BCUT2D eigenvalue weighted by Crippen LogP contribution is 2.43. The van der Waals surface area contributed by atoms with Gasteiger partial charge >= 0.3 is 0 Å². The summed E-state index contributed by atoms with van der Waals surface area (Å²) in [6.07, 6.45) is 8.21. The van der Waals surface area contributed by atoms with Crippen molar-refractivity contribution in [2.24, 2.45) is 11.7 Å². The van der Waals surface area contributed by atoms with E-state index in [1.807, 2.05) is 13.0 Å². The maximum atomic E-state index is 15.3. The van der Waals surface area contributed by atoms with Crippen LogP contribution in [0.4, 0.5) is 18.9 Å². The first-order valence-electron chi connectivity index (χ1n) is 15.2. The number of imidazole rings is 1. The molecule has 13 heteroatoms. The largest absolute Gasteiger partial charge is 0.375 e. The molecule has 0 spiro atoms. The van der Waals surface area contributed by atoms with E-state index in [4.69, 9.17) is 10.5 Å². The lowest BCUT2D eigenvalue weighted by Crippen LogP contribution is -2.57. The van der Waals surface area contributed by atoms with Crippen molar-refractivity contribution in [2.75, 3.05) is 36.6 Å². The minimum absolute atomic E-state index is 0.0305. The SMILES string of the molecule is C[C@H]1CN(c2ccncc2Cc2ncc3ccc(-c4c(F)cc(C5(F)CCCC5)cc4F)nn23)C[C@@H](N)[C@H]1OCCS(C)(=O)=O. The molecule has 6 rings (SSSR count). The van der Waals surface area contributed by atoms with Gasteiger partial charge < -0.3 is 15.4 Å². The first-order valence-corrected chi connectivity index (χ1v) is 17.2. The van der Waals surface area contributed by atoms with Crippen LogP contribution in [0.2, 0.25) is 0 Å². The van der Waals surface area contributed by atoms with Crippen molar-refractivity contribution in [3.63, 3.8) is 0 Å². The maximum Gasteiger partial charge on any atom is 0.149 e. The zero-order valence-electron chi connectivity index (χ0n) is 25.3. The van der Waals surface area contributed by atoms with Crippen molar-refractivity contribution in [2.45, 2.75) is 56.8 Å². The zero-order valence-corrected chi connectivity index (χ0v) is 26.1. The van der Waals surface area contributed by atoms with E-state index in [-0.39, 0.29) is 60.1 Å². The number of halogens is 3. The topological polar surface area (TPSA) is 116 Å². The van der Waals surface area contributed by atoms with Gasteiger partial charge in [-0.15, -0.1) is 0 Å². The van der Waals surface area contributed by atoms with E-state index in [1.165, 1.54) is 12.3 Å². The third-order valence-electron chi connectivity index (χ3n) is 8.92. The van der Waals surface area contributed by atoms with Gasteiger partial charge in [-0.25, -0.2) is 31.1 Å². The summed E-state index contributed by atoms with van der Waals surface area (Å²) >= 11 is 0. The molecule has 0 radical (unpaired) electrons. The Kier molecular flexibility index (Phi) is 8.61. The molecule has 0 amide bonds. The molecule has 1 aromatic carbocycles.